The minimum Gasteiger partial charge on any atom is -0.370 e. The first-order chi connectivity index (χ1) is 10.2. The van der Waals surface area contributed by atoms with E-state index in [2.05, 4.69) is 36.5 Å². The first kappa shape index (κ1) is 14.3. The van der Waals surface area contributed by atoms with Gasteiger partial charge in [0, 0.05) is 24.2 Å². The van der Waals surface area contributed by atoms with Crippen molar-refractivity contribution >= 4 is 33.3 Å². The average Bonchev–Trinajstić information content (AvgIpc) is 3.28. The van der Waals surface area contributed by atoms with Gasteiger partial charge in [0.05, 0.1) is 4.47 Å². The van der Waals surface area contributed by atoms with Gasteiger partial charge in [-0.3, -0.25) is 0 Å². The molecule has 0 saturated heterocycles. The van der Waals surface area contributed by atoms with Crippen molar-refractivity contribution in [1.82, 2.24) is 9.97 Å². The number of nitrogens with zero attached hydrogens (tertiary/aromatic N) is 2. The summed E-state index contributed by atoms with van der Waals surface area (Å²) < 4.78 is 13.7. The smallest absolute Gasteiger partial charge is 0.137 e. The summed E-state index contributed by atoms with van der Waals surface area (Å²) in [6.45, 7) is 2.84. The van der Waals surface area contributed by atoms with Crippen molar-refractivity contribution in [1.29, 1.82) is 0 Å². The normalized spacial score (nSPS) is 14.0. The second kappa shape index (κ2) is 5.97. The number of benzene rings is 1. The van der Waals surface area contributed by atoms with Crippen molar-refractivity contribution in [2.45, 2.75) is 25.7 Å². The van der Waals surface area contributed by atoms with Crippen LogP contribution < -0.4 is 10.6 Å². The third-order valence-electron chi connectivity index (χ3n) is 3.24. The molecule has 0 atom stereocenters. The van der Waals surface area contributed by atoms with E-state index in [9.17, 15) is 4.39 Å². The van der Waals surface area contributed by atoms with Gasteiger partial charge in [0.2, 0.25) is 0 Å². The first-order valence-corrected chi connectivity index (χ1v) is 7.80. The highest BCUT2D eigenvalue weighted by molar-refractivity contribution is 9.10. The zero-order valence-electron chi connectivity index (χ0n) is 11.7. The minimum atomic E-state index is -0.282. The van der Waals surface area contributed by atoms with Gasteiger partial charge >= 0.3 is 0 Å². The second-order valence-corrected chi connectivity index (χ2v) is 5.91. The molecule has 21 heavy (non-hydrogen) atoms. The Labute approximate surface area is 131 Å². The summed E-state index contributed by atoms with van der Waals surface area (Å²) in [4.78, 5) is 9.08. The molecule has 1 heterocycles. The van der Waals surface area contributed by atoms with Crippen molar-refractivity contribution in [2.24, 2.45) is 0 Å². The fourth-order valence-corrected chi connectivity index (χ4v) is 2.43. The lowest BCUT2D eigenvalue weighted by Gasteiger charge is -2.11. The molecule has 2 N–H and O–H groups in total. The fourth-order valence-electron chi connectivity index (χ4n) is 2.05. The number of aromatic nitrogens is 2. The predicted octanol–water partition coefficient (Wildman–Crippen LogP) is 4.43. The number of hydrogen-bond donors (Lipinski definition) is 2. The zero-order valence-corrected chi connectivity index (χ0v) is 13.2. The number of halogens is 2. The molecule has 1 aromatic heterocycles. The summed E-state index contributed by atoms with van der Waals surface area (Å²) in [5.41, 5.74) is 0.783. The zero-order chi connectivity index (χ0) is 14.8. The molecular weight excluding hydrogens is 335 g/mol. The lowest BCUT2D eigenvalue weighted by Crippen LogP contribution is -2.05. The summed E-state index contributed by atoms with van der Waals surface area (Å²) in [7, 11) is 0. The van der Waals surface area contributed by atoms with Gasteiger partial charge in [0.25, 0.3) is 0 Å². The van der Waals surface area contributed by atoms with Crippen LogP contribution >= 0.6 is 15.9 Å². The minimum absolute atomic E-state index is 0.282. The fraction of sp³-hybridized carbons (Fsp3) is 0.333. The standard InChI is InChI=1S/C15H16BrFN4/c1-2-18-13-8-14(21-15(20-13)9-3-4-9)19-10-5-6-12(17)11(16)7-10/h5-9H,2-4H2,1H3,(H2,18,19,20,21). The summed E-state index contributed by atoms with van der Waals surface area (Å²) >= 11 is 3.19. The molecule has 1 saturated carbocycles. The van der Waals surface area contributed by atoms with Crippen molar-refractivity contribution in [2.75, 3.05) is 17.2 Å². The lowest BCUT2D eigenvalue weighted by atomic mass is 10.3. The van der Waals surface area contributed by atoms with Gasteiger partial charge in [0.1, 0.15) is 23.3 Å². The number of anilines is 3. The van der Waals surface area contributed by atoms with E-state index < -0.39 is 0 Å². The quantitative estimate of drug-likeness (QED) is 0.837. The van der Waals surface area contributed by atoms with Gasteiger partial charge < -0.3 is 10.6 Å². The summed E-state index contributed by atoms with van der Waals surface area (Å²) in [5.74, 6) is 2.61. The van der Waals surface area contributed by atoms with E-state index in [1.165, 1.54) is 6.07 Å². The van der Waals surface area contributed by atoms with E-state index in [0.29, 0.717) is 10.4 Å². The maximum atomic E-state index is 13.3. The van der Waals surface area contributed by atoms with E-state index >= 15 is 0 Å². The highest BCUT2D eigenvalue weighted by atomic mass is 79.9. The predicted molar refractivity (Wildman–Crippen MR) is 85.6 cm³/mol. The lowest BCUT2D eigenvalue weighted by molar-refractivity contribution is 0.621. The third-order valence-corrected chi connectivity index (χ3v) is 3.84. The number of rotatable bonds is 5. The van der Waals surface area contributed by atoms with Crippen LogP contribution in [0.5, 0.6) is 0 Å². The molecule has 3 rings (SSSR count). The molecule has 0 amide bonds. The molecule has 0 unspecified atom stereocenters. The molecule has 1 fully saturated rings. The van der Waals surface area contributed by atoms with Crippen LogP contribution in [0.15, 0.2) is 28.7 Å². The van der Waals surface area contributed by atoms with Crippen LogP contribution in [0.3, 0.4) is 0 Å². The van der Waals surface area contributed by atoms with Crippen LogP contribution in [-0.4, -0.2) is 16.5 Å². The van der Waals surface area contributed by atoms with Crippen molar-refractivity contribution in [3.05, 3.63) is 40.4 Å². The molecule has 0 aliphatic heterocycles. The molecule has 6 heteroatoms. The highest BCUT2D eigenvalue weighted by Crippen LogP contribution is 2.39. The van der Waals surface area contributed by atoms with E-state index in [1.807, 2.05) is 13.0 Å². The molecule has 1 aromatic carbocycles. The van der Waals surface area contributed by atoms with Crippen LogP contribution in [0.2, 0.25) is 0 Å². The summed E-state index contributed by atoms with van der Waals surface area (Å²) in [6, 6.07) is 6.67. The van der Waals surface area contributed by atoms with Crippen LogP contribution in [0.4, 0.5) is 21.7 Å². The molecular formula is C15H16BrFN4. The molecule has 1 aliphatic carbocycles. The average molecular weight is 351 g/mol. The van der Waals surface area contributed by atoms with Crippen LogP contribution in [0.1, 0.15) is 31.5 Å². The Kier molecular flexibility index (Phi) is 4.05. The monoisotopic (exact) mass is 350 g/mol. The molecule has 0 spiro atoms. The van der Waals surface area contributed by atoms with Gasteiger partial charge in [0.15, 0.2) is 0 Å². The summed E-state index contributed by atoms with van der Waals surface area (Å²) in [5, 5.41) is 6.42. The maximum Gasteiger partial charge on any atom is 0.137 e. The van der Waals surface area contributed by atoms with E-state index in [0.717, 1.165) is 42.5 Å². The molecule has 110 valence electrons. The van der Waals surface area contributed by atoms with E-state index in [-0.39, 0.29) is 5.82 Å². The third kappa shape index (κ3) is 3.50. The van der Waals surface area contributed by atoms with Crippen LogP contribution in [0, 0.1) is 5.82 Å². The van der Waals surface area contributed by atoms with Crippen LogP contribution in [0.25, 0.3) is 0 Å². The van der Waals surface area contributed by atoms with E-state index in [4.69, 9.17) is 0 Å². The Morgan fingerprint density at radius 3 is 2.67 bits per heavy atom. The molecule has 0 radical (unpaired) electrons. The molecule has 1 aliphatic rings. The van der Waals surface area contributed by atoms with Crippen molar-refractivity contribution in [3.8, 4) is 0 Å². The largest absolute Gasteiger partial charge is 0.370 e. The van der Waals surface area contributed by atoms with E-state index in [1.54, 1.807) is 12.1 Å². The highest BCUT2D eigenvalue weighted by Gasteiger charge is 2.27. The van der Waals surface area contributed by atoms with Gasteiger partial charge in [-0.15, -0.1) is 0 Å². The Morgan fingerprint density at radius 1 is 1.24 bits per heavy atom. The maximum absolute atomic E-state index is 13.3. The number of hydrogen-bond acceptors (Lipinski definition) is 4. The Balaban J connectivity index is 1.87. The van der Waals surface area contributed by atoms with Gasteiger partial charge in [-0.2, -0.15) is 0 Å². The SMILES string of the molecule is CCNc1cc(Nc2ccc(F)c(Br)c2)nc(C2CC2)n1. The van der Waals surface area contributed by atoms with Crippen molar-refractivity contribution < 1.29 is 4.39 Å². The first-order valence-electron chi connectivity index (χ1n) is 7.00. The molecule has 4 nitrogen and oxygen atoms in total. The molecule has 0 bridgehead atoms. The Morgan fingerprint density at radius 2 is 2.00 bits per heavy atom. The Bertz CT molecular complexity index is 658. The van der Waals surface area contributed by atoms with Crippen molar-refractivity contribution in [3.63, 3.8) is 0 Å². The van der Waals surface area contributed by atoms with Gasteiger partial charge in [-0.25, -0.2) is 14.4 Å². The topological polar surface area (TPSA) is 49.8 Å². The number of nitrogens with one attached hydrogen (secondary N) is 2. The molecule has 2 aromatic rings. The van der Waals surface area contributed by atoms with Gasteiger partial charge in [-0.05, 0) is 53.9 Å². The van der Waals surface area contributed by atoms with Gasteiger partial charge in [-0.1, -0.05) is 0 Å². The second-order valence-electron chi connectivity index (χ2n) is 5.06. The van der Waals surface area contributed by atoms with Crippen LogP contribution in [-0.2, 0) is 0 Å². The summed E-state index contributed by atoms with van der Waals surface area (Å²) in [6.07, 6.45) is 2.30. The Hall–Kier alpha value is -1.69.